The molecule has 2 aromatic heterocycles. The van der Waals surface area contributed by atoms with Crippen molar-refractivity contribution in [3.63, 3.8) is 0 Å². The Bertz CT molecular complexity index is 694. The Labute approximate surface area is 126 Å². The number of para-hydroxylation sites is 1. The zero-order chi connectivity index (χ0) is 14.5. The third kappa shape index (κ3) is 3.66. The van der Waals surface area contributed by atoms with E-state index >= 15 is 0 Å². The van der Waals surface area contributed by atoms with Crippen LogP contribution >= 0.6 is 11.3 Å². The highest BCUT2D eigenvalue weighted by atomic mass is 32.1. The highest BCUT2D eigenvalue weighted by Gasteiger charge is 2.10. The lowest BCUT2D eigenvalue weighted by atomic mass is 10.3. The summed E-state index contributed by atoms with van der Waals surface area (Å²) in [5.41, 5.74) is 0.980. The van der Waals surface area contributed by atoms with Crippen LogP contribution in [0.2, 0.25) is 0 Å². The molecule has 6 heteroatoms. The van der Waals surface area contributed by atoms with Gasteiger partial charge in [0.05, 0.1) is 17.1 Å². The van der Waals surface area contributed by atoms with Gasteiger partial charge in [0.25, 0.3) is 5.89 Å². The van der Waals surface area contributed by atoms with E-state index in [-0.39, 0.29) is 6.61 Å². The predicted octanol–water partition coefficient (Wildman–Crippen LogP) is 3.26. The molecule has 5 nitrogen and oxygen atoms in total. The lowest BCUT2D eigenvalue weighted by molar-refractivity contribution is 0.242. The van der Waals surface area contributed by atoms with Crippen LogP contribution in [0.15, 0.2) is 40.2 Å². The van der Waals surface area contributed by atoms with E-state index < -0.39 is 0 Å². The van der Waals surface area contributed by atoms with Gasteiger partial charge in [0, 0.05) is 5.38 Å². The Morgan fingerprint density at radius 1 is 1.19 bits per heavy atom. The van der Waals surface area contributed by atoms with Gasteiger partial charge >= 0.3 is 0 Å². The van der Waals surface area contributed by atoms with Gasteiger partial charge in [0.15, 0.2) is 12.4 Å². The van der Waals surface area contributed by atoms with Crippen molar-refractivity contribution in [1.29, 1.82) is 0 Å². The Morgan fingerprint density at radius 3 is 2.81 bits per heavy atom. The fraction of sp³-hybridized carbons (Fsp3) is 0.267. The van der Waals surface area contributed by atoms with Crippen molar-refractivity contribution in [2.45, 2.75) is 26.4 Å². The summed E-state index contributed by atoms with van der Waals surface area (Å²) < 4.78 is 10.7. The fourth-order valence-electron chi connectivity index (χ4n) is 1.84. The first kappa shape index (κ1) is 13.8. The molecule has 0 saturated heterocycles. The van der Waals surface area contributed by atoms with Crippen molar-refractivity contribution in [1.82, 2.24) is 15.1 Å². The van der Waals surface area contributed by atoms with Gasteiger partial charge in [-0.05, 0) is 18.6 Å². The SMILES string of the molecule is CCc1nc(Cc2noc(COc3ccccc3)n2)cs1. The Balaban J connectivity index is 1.58. The summed E-state index contributed by atoms with van der Waals surface area (Å²) >= 11 is 1.66. The maximum Gasteiger partial charge on any atom is 0.264 e. The van der Waals surface area contributed by atoms with Gasteiger partial charge in [-0.25, -0.2) is 4.98 Å². The minimum Gasteiger partial charge on any atom is -0.484 e. The molecule has 3 rings (SSSR count). The molecule has 0 aliphatic heterocycles. The lowest BCUT2D eigenvalue weighted by Gasteiger charge is -2.00. The maximum atomic E-state index is 5.57. The quantitative estimate of drug-likeness (QED) is 0.699. The number of hydrogen-bond donors (Lipinski definition) is 0. The van der Waals surface area contributed by atoms with Crippen LogP contribution < -0.4 is 4.74 Å². The topological polar surface area (TPSA) is 61.0 Å². The van der Waals surface area contributed by atoms with E-state index in [9.17, 15) is 0 Å². The molecule has 0 aliphatic rings. The van der Waals surface area contributed by atoms with Gasteiger partial charge in [0.2, 0.25) is 0 Å². The first-order valence-electron chi connectivity index (χ1n) is 6.76. The molecule has 0 radical (unpaired) electrons. The first-order valence-corrected chi connectivity index (χ1v) is 7.64. The number of thiazole rings is 1. The number of hydrogen-bond acceptors (Lipinski definition) is 6. The Morgan fingerprint density at radius 2 is 2.05 bits per heavy atom. The Kier molecular flexibility index (Phi) is 4.25. The standard InChI is InChI=1S/C15H15N3O2S/c1-2-15-16-11(10-21-15)8-13-17-14(20-18-13)9-19-12-6-4-3-5-7-12/h3-7,10H,2,8-9H2,1H3. The molecule has 0 saturated carbocycles. The molecule has 0 amide bonds. The predicted molar refractivity (Wildman–Crippen MR) is 79.4 cm³/mol. The van der Waals surface area contributed by atoms with Crippen LogP contribution in [-0.2, 0) is 19.4 Å². The molecule has 108 valence electrons. The minimum atomic E-state index is 0.272. The Hall–Kier alpha value is -2.21. The molecule has 0 unspecified atom stereocenters. The van der Waals surface area contributed by atoms with Gasteiger partial charge in [0.1, 0.15) is 5.75 Å². The maximum absolute atomic E-state index is 5.57. The van der Waals surface area contributed by atoms with Crippen LogP contribution in [0.25, 0.3) is 0 Å². The first-order chi connectivity index (χ1) is 10.3. The molecule has 0 spiro atoms. The molecular formula is C15H15N3O2S. The third-order valence-corrected chi connectivity index (χ3v) is 3.90. The van der Waals surface area contributed by atoms with Crippen molar-refractivity contribution in [3.8, 4) is 5.75 Å². The van der Waals surface area contributed by atoms with E-state index in [2.05, 4.69) is 22.0 Å². The van der Waals surface area contributed by atoms with Crippen LogP contribution in [0.5, 0.6) is 5.75 Å². The number of aromatic nitrogens is 3. The van der Waals surface area contributed by atoms with E-state index in [1.54, 1.807) is 11.3 Å². The van der Waals surface area contributed by atoms with Gasteiger partial charge < -0.3 is 9.26 Å². The number of ether oxygens (including phenoxy) is 1. The highest BCUT2D eigenvalue weighted by molar-refractivity contribution is 7.09. The van der Waals surface area contributed by atoms with Crippen molar-refractivity contribution in [2.24, 2.45) is 0 Å². The van der Waals surface area contributed by atoms with Crippen molar-refractivity contribution in [3.05, 3.63) is 58.1 Å². The molecule has 1 aromatic carbocycles. The van der Waals surface area contributed by atoms with Crippen LogP contribution in [0.1, 0.15) is 29.3 Å². The van der Waals surface area contributed by atoms with Gasteiger partial charge in [-0.3, -0.25) is 0 Å². The molecule has 2 heterocycles. The molecule has 21 heavy (non-hydrogen) atoms. The van der Waals surface area contributed by atoms with Crippen LogP contribution in [0.4, 0.5) is 0 Å². The van der Waals surface area contributed by atoms with E-state index in [0.29, 0.717) is 18.1 Å². The molecule has 0 N–H and O–H groups in total. The van der Waals surface area contributed by atoms with Gasteiger partial charge in [-0.2, -0.15) is 4.98 Å². The smallest absolute Gasteiger partial charge is 0.264 e. The highest BCUT2D eigenvalue weighted by Crippen LogP contribution is 2.14. The summed E-state index contributed by atoms with van der Waals surface area (Å²) in [5.74, 6) is 1.89. The van der Waals surface area contributed by atoms with Crippen LogP contribution in [0.3, 0.4) is 0 Å². The fourth-order valence-corrected chi connectivity index (χ4v) is 2.58. The normalized spacial score (nSPS) is 10.7. The van der Waals surface area contributed by atoms with Crippen molar-refractivity contribution < 1.29 is 9.26 Å². The molecule has 0 aliphatic carbocycles. The summed E-state index contributed by atoms with van der Waals surface area (Å²) in [5, 5.41) is 7.12. The largest absolute Gasteiger partial charge is 0.484 e. The van der Waals surface area contributed by atoms with Crippen molar-refractivity contribution >= 4 is 11.3 Å². The number of rotatable bonds is 6. The van der Waals surface area contributed by atoms with Crippen LogP contribution in [0, 0.1) is 0 Å². The zero-order valence-corrected chi connectivity index (χ0v) is 12.5. The summed E-state index contributed by atoms with van der Waals surface area (Å²) in [6, 6.07) is 9.55. The molecule has 0 bridgehead atoms. The third-order valence-electron chi connectivity index (χ3n) is 2.86. The summed E-state index contributed by atoms with van der Waals surface area (Å²) in [4.78, 5) is 8.81. The second-order valence-corrected chi connectivity index (χ2v) is 5.41. The number of aryl methyl sites for hydroxylation is 1. The number of benzene rings is 1. The molecule has 3 aromatic rings. The van der Waals surface area contributed by atoms with Gasteiger partial charge in [-0.1, -0.05) is 30.3 Å². The second-order valence-electron chi connectivity index (χ2n) is 4.47. The van der Waals surface area contributed by atoms with E-state index in [1.165, 1.54) is 0 Å². The summed E-state index contributed by atoms with van der Waals surface area (Å²) in [6.45, 7) is 2.37. The van der Waals surface area contributed by atoms with Crippen LogP contribution in [-0.4, -0.2) is 15.1 Å². The lowest BCUT2D eigenvalue weighted by Crippen LogP contribution is -1.96. The molecule has 0 fully saturated rings. The second kappa shape index (κ2) is 6.49. The molecular weight excluding hydrogens is 286 g/mol. The average molecular weight is 301 g/mol. The zero-order valence-electron chi connectivity index (χ0n) is 11.7. The number of nitrogens with zero attached hydrogens (tertiary/aromatic N) is 3. The van der Waals surface area contributed by atoms with E-state index in [1.807, 2.05) is 35.7 Å². The average Bonchev–Trinajstić information content (AvgIpc) is 3.16. The monoisotopic (exact) mass is 301 g/mol. The van der Waals surface area contributed by atoms with Gasteiger partial charge in [-0.15, -0.1) is 11.3 Å². The summed E-state index contributed by atoms with van der Waals surface area (Å²) in [7, 11) is 0. The van der Waals surface area contributed by atoms with Crippen molar-refractivity contribution in [2.75, 3.05) is 0 Å². The van der Waals surface area contributed by atoms with E-state index in [4.69, 9.17) is 9.26 Å². The van der Waals surface area contributed by atoms with E-state index in [0.717, 1.165) is 22.9 Å². The molecule has 0 atom stereocenters. The minimum absolute atomic E-state index is 0.272. The summed E-state index contributed by atoms with van der Waals surface area (Å²) in [6.07, 6.45) is 1.54.